The SMILES string of the molecule is CNC(CC(C)C)C(=O)NC1C(=O)NC(CC(N)=O)C(=O)NC2C(=O)NC3C(=O)NC(C(=O)NC(C(=O)NOCCN4CCOCC4)c4cc(O)cc(O)c4-c4cc3ccc4O)C(O)c3ccc(c(Cl)c3)Oc3cc2cc(c3OC2OC(CO)C(O)C(O)C2OC2CC(C)(NCc3cncc(C(=O)Nc4cc(Cl)cc(Cl)c4)c3)C(O)C(C)O2)Oc2ccc(cc2Cl)C1O. The third-order valence-electron chi connectivity index (χ3n) is 22.4. The number of aliphatic hydroxyl groups is 6. The second-order valence-electron chi connectivity index (χ2n) is 32.1. The number of morpholine rings is 1. The number of pyridine rings is 1. The van der Waals surface area contributed by atoms with Crippen LogP contribution in [0.3, 0.4) is 0 Å². The fraction of sp³-hybridized carbons (Fsp3) is 0.412. The van der Waals surface area contributed by atoms with Crippen molar-refractivity contribution in [2.75, 3.05) is 58.4 Å². The quantitative estimate of drug-likeness (QED) is 0.0342. The molecule has 43 heteroatoms. The lowest BCUT2D eigenvalue weighted by molar-refractivity contribution is -0.334. The van der Waals surface area contributed by atoms with Crippen LogP contribution < -0.4 is 73.3 Å². The number of nitrogens with zero attached hydrogens (tertiary/aromatic N) is 2. The molecule has 128 heavy (non-hydrogen) atoms. The number of hydroxylamine groups is 1. The van der Waals surface area contributed by atoms with Gasteiger partial charge in [-0.1, -0.05) is 78.5 Å². The van der Waals surface area contributed by atoms with Crippen LogP contribution in [0.5, 0.6) is 46.0 Å². The van der Waals surface area contributed by atoms with Crippen molar-refractivity contribution in [3.05, 3.63) is 175 Å². The Morgan fingerprint density at radius 3 is 2.00 bits per heavy atom. The summed E-state index contributed by atoms with van der Waals surface area (Å²) in [5.74, 6) is -15.9. The molecule has 3 saturated heterocycles. The van der Waals surface area contributed by atoms with Crippen molar-refractivity contribution in [2.45, 2.75) is 163 Å². The maximum Gasteiger partial charge on any atom is 0.270 e. The number of carbonyl (C=O) groups is 9. The molecule has 11 bridgehead atoms. The number of aliphatic hydroxyl groups excluding tert-OH is 6. The third kappa shape index (κ3) is 21.8. The maximum absolute atomic E-state index is 16.4. The first-order valence-corrected chi connectivity index (χ1v) is 42.1. The number of primary amides is 1. The number of hydrogen-bond acceptors (Lipinski definition) is 30. The number of likely N-dealkylation sites (N-methyl/N-ethyl adjacent to an activating group) is 1. The van der Waals surface area contributed by atoms with Gasteiger partial charge in [0.2, 0.25) is 53.4 Å². The molecule has 9 amide bonds. The molecule has 18 unspecified atom stereocenters. The first kappa shape index (κ1) is 94.7. The predicted octanol–water partition coefficient (Wildman–Crippen LogP) is 3.19. The van der Waals surface area contributed by atoms with E-state index < -0.39 is 243 Å². The Labute approximate surface area is 750 Å². The van der Waals surface area contributed by atoms with Gasteiger partial charge >= 0.3 is 0 Å². The second kappa shape index (κ2) is 40.8. The molecular weight excluding hydrogens is 1760 g/mol. The monoisotopic (exact) mass is 1850 g/mol. The second-order valence-corrected chi connectivity index (χ2v) is 33.8. The highest BCUT2D eigenvalue weighted by Crippen LogP contribution is 2.50. The minimum Gasteiger partial charge on any atom is -0.508 e. The Balaban J connectivity index is 0.958. The topological polar surface area (TPSA) is 572 Å². The molecule has 39 nitrogen and oxygen atoms in total. The molecule has 18 atom stereocenters. The Kier molecular flexibility index (Phi) is 30.2. The molecule has 3 fully saturated rings. The summed E-state index contributed by atoms with van der Waals surface area (Å²) in [7, 11) is 1.47. The van der Waals surface area contributed by atoms with Gasteiger partial charge in [-0.3, -0.25) is 57.9 Å². The minimum absolute atomic E-state index is 0.0492. The normalized spacial score (nSPS) is 26.5. The van der Waals surface area contributed by atoms with E-state index in [1.165, 1.54) is 62.8 Å². The molecule has 684 valence electrons. The Morgan fingerprint density at radius 2 is 1.35 bits per heavy atom. The molecule has 8 aliphatic heterocycles. The fourth-order valence-corrected chi connectivity index (χ4v) is 16.7. The van der Waals surface area contributed by atoms with Gasteiger partial charge in [0.05, 0.1) is 66.7 Å². The number of fused-ring (bicyclic) bond motifs is 15. The molecule has 7 aromatic rings. The van der Waals surface area contributed by atoms with Gasteiger partial charge in [0, 0.05) is 83.5 Å². The van der Waals surface area contributed by atoms with Crippen LogP contribution in [0.4, 0.5) is 5.69 Å². The Morgan fingerprint density at radius 1 is 0.703 bits per heavy atom. The summed E-state index contributed by atoms with van der Waals surface area (Å²) in [5.41, 5.74) is 4.97. The number of nitrogens with one attached hydrogen (secondary N) is 10. The molecule has 15 rings (SSSR count). The number of aromatic hydroxyl groups is 3. The van der Waals surface area contributed by atoms with Gasteiger partial charge in [0.25, 0.3) is 11.8 Å². The van der Waals surface area contributed by atoms with E-state index in [0.29, 0.717) is 37.6 Å². The minimum atomic E-state index is -2.39. The van der Waals surface area contributed by atoms with E-state index in [9.17, 15) is 65.1 Å². The van der Waals surface area contributed by atoms with Crippen molar-refractivity contribution in [2.24, 2.45) is 11.7 Å². The van der Waals surface area contributed by atoms with Crippen LogP contribution >= 0.6 is 46.4 Å². The van der Waals surface area contributed by atoms with Crippen LogP contribution in [-0.2, 0) is 68.7 Å². The highest BCUT2D eigenvalue weighted by Gasteiger charge is 2.53. The zero-order chi connectivity index (χ0) is 92.0. The van der Waals surface area contributed by atoms with Gasteiger partial charge in [0.1, 0.15) is 95.5 Å². The van der Waals surface area contributed by atoms with Crippen molar-refractivity contribution in [3.63, 3.8) is 0 Å². The van der Waals surface area contributed by atoms with Crippen molar-refractivity contribution >= 4 is 105 Å². The van der Waals surface area contributed by atoms with E-state index in [0.717, 1.165) is 60.7 Å². The van der Waals surface area contributed by atoms with Crippen molar-refractivity contribution in [1.82, 2.24) is 57.9 Å². The van der Waals surface area contributed by atoms with Crippen LogP contribution in [0, 0.1) is 5.92 Å². The first-order valence-electron chi connectivity index (χ1n) is 40.6. The van der Waals surface area contributed by atoms with Crippen LogP contribution in [0.2, 0.25) is 20.1 Å². The van der Waals surface area contributed by atoms with Gasteiger partial charge in [-0.05, 0) is 145 Å². The zero-order valence-electron chi connectivity index (χ0n) is 69.1. The molecule has 0 radical (unpaired) electrons. The number of amides is 9. The summed E-state index contributed by atoms with van der Waals surface area (Å²) in [6.45, 7) is 7.78. The first-order chi connectivity index (χ1) is 60.9. The lowest BCUT2D eigenvalue weighted by Crippen LogP contribution is -2.65. The smallest absolute Gasteiger partial charge is 0.270 e. The van der Waals surface area contributed by atoms with Gasteiger partial charge in [-0.15, -0.1) is 0 Å². The van der Waals surface area contributed by atoms with E-state index in [4.69, 9.17) is 90.1 Å². The van der Waals surface area contributed by atoms with Crippen molar-refractivity contribution in [3.8, 4) is 57.1 Å². The zero-order valence-corrected chi connectivity index (χ0v) is 72.1. The lowest BCUT2D eigenvalue weighted by Gasteiger charge is -2.48. The number of aromatic nitrogens is 1. The molecule has 21 N–H and O–H groups in total. The number of hydrogen-bond donors (Lipinski definition) is 20. The van der Waals surface area contributed by atoms with Crippen LogP contribution in [0.1, 0.15) is 121 Å². The van der Waals surface area contributed by atoms with Crippen LogP contribution in [0.25, 0.3) is 11.1 Å². The summed E-state index contributed by atoms with van der Waals surface area (Å²) in [6.07, 6.45) is -16.6. The number of phenolic OH excluding ortho intramolecular Hbond substituents is 3. The van der Waals surface area contributed by atoms with E-state index in [-0.39, 0.29) is 81.5 Å². The number of carbonyl (C=O) groups excluding carboxylic acids is 9. The van der Waals surface area contributed by atoms with E-state index >= 15 is 24.0 Å². The molecule has 8 aliphatic rings. The van der Waals surface area contributed by atoms with E-state index in [2.05, 4.69) is 58.3 Å². The highest BCUT2D eigenvalue weighted by molar-refractivity contribution is 6.35. The molecule has 6 aromatic carbocycles. The van der Waals surface area contributed by atoms with Gasteiger partial charge in [-0.2, -0.15) is 0 Å². The largest absolute Gasteiger partial charge is 0.508 e. The lowest BCUT2D eigenvalue weighted by atomic mass is 9.84. The van der Waals surface area contributed by atoms with Gasteiger partial charge in [-0.25, -0.2) is 5.48 Å². The molecule has 0 spiro atoms. The highest BCUT2D eigenvalue weighted by atomic mass is 35.5. The van der Waals surface area contributed by atoms with Crippen LogP contribution in [0.15, 0.2) is 116 Å². The number of rotatable bonds is 22. The number of phenols is 3. The average Bonchev–Trinajstić information content (AvgIpc) is 0.765. The van der Waals surface area contributed by atoms with Gasteiger partial charge in [0.15, 0.2) is 23.9 Å². The summed E-state index contributed by atoms with van der Waals surface area (Å²) in [5, 5.41) is 131. The standard InChI is InChI=1S/C85H95Cl4N13O26/c1-36(2)18-52(91-5)77(114)99-67-69(108)40-7-10-56(50(88)21-40)124-58-23-42-24-59(73(58)128-84-74(72(111)71(110)60(35-103)126-84)127-62-31-85(4,75(112)37(3)123-62)93-33-38-19-43(34-92-32-38)76(113)94-46-26-44(86)25-45(87)27-46)125-57-11-8-41(22-51(57)89)70(109)68-82(119)98-66(83(120)101-122-17-14-102-12-15-121-16-13-102)49-28-47(104)29-55(106)63(49)48-20-39(6-9-54(48)105)64(79(116)100-68)97-80(117)65(42)96-78(115)53(30-61(90)107)95-81(67)118/h6-11,19-29,32,34,36-37,52-53,60,62,64-72,74-75,84,91,93,103-106,108-112H,12-18,30-31,33,35H2,1-5H3,(H2,90,107)(H,94,113)(H,95,118)(H,96,115)(H,97,117)(H,98,119)(H,99,114)(H,100,116)(H,101,120). The van der Waals surface area contributed by atoms with Gasteiger partial charge < -0.3 is 133 Å². The Bertz CT molecular complexity index is 5350. The summed E-state index contributed by atoms with van der Waals surface area (Å²) >= 11 is 26.8. The molecule has 1 aromatic heterocycles. The molecule has 0 saturated carbocycles. The maximum atomic E-state index is 16.4. The predicted molar refractivity (Wildman–Crippen MR) is 454 cm³/mol. The van der Waals surface area contributed by atoms with E-state index in [1.54, 1.807) is 13.0 Å². The summed E-state index contributed by atoms with van der Waals surface area (Å²) in [6, 6.07) is 5.75. The summed E-state index contributed by atoms with van der Waals surface area (Å²) < 4.78 is 45.1. The number of nitrogens with two attached hydrogens (primary N) is 1. The van der Waals surface area contributed by atoms with E-state index in [1.807, 2.05) is 18.7 Å². The summed E-state index contributed by atoms with van der Waals surface area (Å²) in [4.78, 5) is 146. The third-order valence-corrected chi connectivity index (χ3v) is 23.4. The molecular formula is C85H95Cl4N13O26. The van der Waals surface area contributed by atoms with Crippen molar-refractivity contribution in [1.29, 1.82) is 0 Å². The van der Waals surface area contributed by atoms with Crippen LogP contribution in [-0.4, -0.2) is 241 Å². The Hall–Kier alpha value is -10.9. The number of ether oxygens (including phenoxy) is 7. The average molecular weight is 1860 g/mol. The van der Waals surface area contributed by atoms with Crippen molar-refractivity contribution < 1.29 is 127 Å². The number of halogens is 4. The molecule has 0 aliphatic carbocycles. The number of anilines is 1. The fourth-order valence-electron chi connectivity index (χ4n) is 15.7. The number of benzene rings is 6. The molecule has 9 heterocycles.